The Labute approximate surface area is 157 Å². The van der Waals surface area contributed by atoms with Gasteiger partial charge in [0.2, 0.25) is 0 Å². The Balaban J connectivity index is 2.23. The number of hydrogen-bond acceptors (Lipinski definition) is 5. The van der Waals surface area contributed by atoms with E-state index in [9.17, 15) is 9.59 Å². The highest BCUT2D eigenvalue weighted by Gasteiger charge is 2.21. The molecule has 140 valence electrons. The van der Waals surface area contributed by atoms with Crippen LogP contribution in [0, 0.1) is 6.92 Å². The monoisotopic (exact) mass is 366 g/mol. The molecule has 0 amide bonds. The Morgan fingerprint density at radius 2 is 1.81 bits per heavy atom. The van der Waals surface area contributed by atoms with E-state index >= 15 is 0 Å². The van der Waals surface area contributed by atoms with Gasteiger partial charge in [-0.2, -0.15) is 0 Å². The highest BCUT2D eigenvalue weighted by Crippen LogP contribution is 2.41. The topological polar surface area (TPSA) is 65.7 Å². The lowest BCUT2D eigenvalue weighted by molar-refractivity contribution is -0.142. The number of fused-ring (bicyclic) bond motifs is 1. The molecule has 2 aromatic carbocycles. The van der Waals surface area contributed by atoms with Gasteiger partial charge in [0.05, 0.1) is 11.8 Å². The second-order valence-electron chi connectivity index (χ2n) is 6.41. The maximum Gasteiger partial charge on any atom is 0.308 e. The summed E-state index contributed by atoms with van der Waals surface area (Å²) in [6.07, 6.45) is 2.48. The summed E-state index contributed by atoms with van der Waals surface area (Å²) in [4.78, 5) is 23.0. The predicted octanol–water partition coefficient (Wildman–Crippen LogP) is 4.96. The first kappa shape index (κ1) is 18.7. The van der Waals surface area contributed by atoms with E-state index in [-0.39, 0.29) is 12.6 Å². The zero-order chi connectivity index (χ0) is 19.6. The molecule has 0 bridgehead atoms. The van der Waals surface area contributed by atoms with E-state index in [1.54, 1.807) is 6.26 Å². The molecule has 0 spiro atoms. The van der Waals surface area contributed by atoms with Gasteiger partial charge in [0.25, 0.3) is 0 Å². The van der Waals surface area contributed by atoms with Gasteiger partial charge in [-0.05, 0) is 35.9 Å². The van der Waals surface area contributed by atoms with Crippen molar-refractivity contribution in [3.63, 3.8) is 0 Å². The van der Waals surface area contributed by atoms with Crippen molar-refractivity contribution in [1.82, 2.24) is 0 Å². The Hall–Kier alpha value is -3.08. The van der Waals surface area contributed by atoms with Gasteiger partial charge >= 0.3 is 11.9 Å². The fraction of sp³-hybridized carbons (Fsp3) is 0.273. The van der Waals surface area contributed by atoms with Crippen LogP contribution in [0.25, 0.3) is 22.1 Å². The van der Waals surface area contributed by atoms with Crippen LogP contribution in [0.4, 0.5) is 0 Å². The molecule has 0 saturated heterocycles. The third kappa shape index (κ3) is 3.72. The molecule has 3 rings (SSSR count). The summed E-state index contributed by atoms with van der Waals surface area (Å²) in [6.45, 7) is 6.80. The standard InChI is InChI=1S/C22H22O5/c1-5-16-7-6-8-18-17(16)9-10-19(22(18)27-15(4)24)21-20(12-25-14(3)23)13(2)11-26-21/h6-11H,5,12H2,1-4H3. The highest BCUT2D eigenvalue weighted by molar-refractivity contribution is 5.98. The Bertz CT molecular complexity index is 1010. The Morgan fingerprint density at radius 1 is 1.04 bits per heavy atom. The van der Waals surface area contributed by atoms with Crippen molar-refractivity contribution < 1.29 is 23.5 Å². The number of ether oxygens (including phenoxy) is 2. The molecule has 5 nitrogen and oxygen atoms in total. The largest absolute Gasteiger partial charge is 0.463 e. The molecule has 0 aliphatic heterocycles. The van der Waals surface area contributed by atoms with Crippen LogP contribution in [0.2, 0.25) is 0 Å². The van der Waals surface area contributed by atoms with Crippen LogP contribution >= 0.6 is 0 Å². The summed E-state index contributed by atoms with van der Waals surface area (Å²) in [6, 6.07) is 9.82. The second kappa shape index (κ2) is 7.66. The third-order valence-electron chi connectivity index (χ3n) is 4.50. The number of carbonyl (C=O) groups excluding carboxylic acids is 2. The molecule has 0 saturated carbocycles. The smallest absolute Gasteiger partial charge is 0.308 e. The number of hydrogen-bond donors (Lipinski definition) is 0. The maximum atomic E-state index is 11.8. The molecule has 1 heterocycles. The quantitative estimate of drug-likeness (QED) is 0.472. The summed E-state index contributed by atoms with van der Waals surface area (Å²) in [7, 11) is 0. The number of rotatable bonds is 5. The molecule has 0 fully saturated rings. The average molecular weight is 366 g/mol. The van der Waals surface area contributed by atoms with Crippen molar-refractivity contribution in [3.8, 4) is 17.1 Å². The summed E-state index contributed by atoms with van der Waals surface area (Å²) < 4.78 is 16.5. The first-order valence-electron chi connectivity index (χ1n) is 8.86. The van der Waals surface area contributed by atoms with E-state index in [1.165, 1.54) is 19.4 Å². The van der Waals surface area contributed by atoms with Crippen molar-refractivity contribution in [2.75, 3.05) is 0 Å². The normalized spacial score (nSPS) is 10.8. The van der Waals surface area contributed by atoms with E-state index in [2.05, 4.69) is 13.0 Å². The molecular formula is C22H22O5. The van der Waals surface area contributed by atoms with E-state index in [1.807, 2.05) is 31.2 Å². The van der Waals surface area contributed by atoms with Gasteiger partial charge in [-0.15, -0.1) is 0 Å². The van der Waals surface area contributed by atoms with Crippen molar-refractivity contribution in [3.05, 3.63) is 53.3 Å². The second-order valence-corrected chi connectivity index (χ2v) is 6.41. The molecule has 0 N–H and O–H groups in total. The minimum absolute atomic E-state index is 0.0968. The number of aryl methyl sites for hydroxylation is 2. The van der Waals surface area contributed by atoms with Crippen molar-refractivity contribution in [2.24, 2.45) is 0 Å². The zero-order valence-electron chi connectivity index (χ0n) is 15.9. The maximum absolute atomic E-state index is 11.8. The fourth-order valence-corrected chi connectivity index (χ4v) is 3.18. The lowest BCUT2D eigenvalue weighted by Gasteiger charge is -2.14. The number of benzene rings is 2. The third-order valence-corrected chi connectivity index (χ3v) is 4.50. The molecule has 0 unspecified atom stereocenters. The minimum atomic E-state index is -0.407. The molecule has 1 aromatic heterocycles. The number of furan rings is 1. The SMILES string of the molecule is CCc1cccc2c(OC(C)=O)c(-c3occ(C)c3COC(C)=O)ccc12. The van der Waals surface area contributed by atoms with E-state index in [0.29, 0.717) is 17.1 Å². The van der Waals surface area contributed by atoms with Gasteiger partial charge in [-0.1, -0.05) is 31.2 Å². The lowest BCUT2D eigenvalue weighted by Crippen LogP contribution is -2.05. The molecule has 3 aromatic rings. The minimum Gasteiger partial charge on any atom is -0.463 e. The molecule has 0 aliphatic rings. The van der Waals surface area contributed by atoms with Gasteiger partial charge < -0.3 is 13.9 Å². The zero-order valence-corrected chi connectivity index (χ0v) is 15.9. The van der Waals surface area contributed by atoms with Gasteiger partial charge in [-0.25, -0.2) is 0 Å². The van der Waals surface area contributed by atoms with E-state index in [0.717, 1.165) is 28.3 Å². The van der Waals surface area contributed by atoms with Crippen LogP contribution in [0.15, 0.2) is 41.0 Å². The van der Waals surface area contributed by atoms with Crippen LogP contribution in [0.1, 0.15) is 37.5 Å². The summed E-state index contributed by atoms with van der Waals surface area (Å²) in [5.41, 5.74) is 3.44. The Morgan fingerprint density at radius 3 is 2.48 bits per heavy atom. The number of carbonyl (C=O) groups is 2. The van der Waals surface area contributed by atoms with Gasteiger partial charge in [0, 0.05) is 24.8 Å². The van der Waals surface area contributed by atoms with Crippen LogP contribution in [-0.2, 0) is 27.4 Å². The molecular weight excluding hydrogens is 344 g/mol. The van der Waals surface area contributed by atoms with Crippen LogP contribution in [0.5, 0.6) is 5.75 Å². The fourth-order valence-electron chi connectivity index (χ4n) is 3.18. The lowest BCUT2D eigenvalue weighted by atomic mass is 9.97. The highest BCUT2D eigenvalue weighted by atomic mass is 16.5. The molecule has 0 atom stereocenters. The number of esters is 2. The van der Waals surface area contributed by atoms with Gasteiger partial charge in [0.15, 0.2) is 0 Å². The summed E-state index contributed by atoms with van der Waals surface area (Å²) >= 11 is 0. The molecule has 5 heteroatoms. The van der Waals surface area contributed by atoms with Crippen molar-refractivity contribution in [2.45, 2.75) is 40.7 Å². The van der Waals surface area contributed by atoms with Crippen LogP contribution < -0.4 is 4.74 Å². The molecule has 27 heavy (non-hydrogen) atoms. The first-order valence-corrected chi connectivity index (χ1v) is 8.86. The average Bonchev–Trinajstić information content (AvgIpc) is 2.99. The van der Waals surface area contributed by atoms with Crippen molar-refractivity contribution in [1.29, 1.82) is 0 Å². The van der Waals surface area contributed by atoms with E-state index in [4.69, 9.17) is 13.9 Å². The van der Waals surface area contributed by atoms with Crippen LogP contribution in [0.3, 0.4) is 0 Å². The van der Waals surface area contributed by atoms with Gasteiger partial charge in [0.1, 0.15) is 18.1 Å². The van der Waals surface area contributed by atoms with Gasteiger partial charge in [-0.3, -0.25) is 9.59 Å². The first-order chi connectivity index (χ1) is 12.9. The summed E-state index contributed by atoms with van der Waals surface area (Å²) in [5, 5.41) is 1.87. The molecule has 0 aliphatic carbocycles. The molecule has 0 radical (unpaired) electrons. The summed E-state index contributed by atoms with van der Waals surface area (Å²) in [5.74, 6) is 0.214. The van der Waals surface area contributed by atoms with Crippen LogP contribution in [-0.4, -0.2) is 11.9 Å². The Kier molecular flexibility index (Phi) is 5.31. The predicted molar refractivity (Wildman–Crippen MR) is 103 cm³/mol. The van der Waals surface area contributed by atoms with Crippen molar-refractivity contribution >= 4 is 22.7 Å². The van der Waals surface area contributed by atoms with E-state index < -0.39 is 5.97 Å².